The van der Waals surface area contributed by atoms with Crippen molar-refractivity contribution in [3.63, 3.8) is 0 Å². The minimum Gasteiger partial charge on any atom is -0.506 e. The zero-order chi connectivity index (χ0) is 11.7. The van der Waals surface area contributed by atoms with E-state index in [2.05, 4.69) is 21.0 Å². The Kier molecular flexibility index (Phi) is 3.01. The van der Waals surface area contributed by atoms with Crippen molar-refractivity contribution in [2.24, 2.45) is 0 Å². The van der Waals surface area contributed by atoms with Gasteiger partial charge in [-0.25, -0.2) is 4.68 Å². The van der Waals surface area contributed by atoms with Crippen molar-refractivity contribution >= 4 is 15.9 Å². The molecular weight excluding hydrogens is 268 g/mol. The number of rotatable bonds is 2. The first-order valence-corrected chi connectivity index (χ1v) is 6.15. The number of benzene rings is 1. The Morgan fingerprint density at radius 3 is 2.69 bits per heavy atom. The van der Waals surface area contributed by atoms with Gasteiger partial charge in [-0.1, -0.05) is 22.0 Å². The molecule has 4 heteroatoms. The van der Waals surface area contributed by atoms with E-state index in [-0.39, 0.29) is 5.75 Å². The van der Waals surface area contributed by atoms with Crippen LogP contribution in [0.4, 0.5) is 0 Å². The van der Waals surface area contributed by atoms with Crippen LogP contribution < -0.4 is 0 Å². The number of alkyl halides is 1. The number of nitrogens with zero attached hydrogens (tertiary/aromatic N) is 2. The van der Waals surface area contributed by atoms with Crippen molar-refractivity contribution < 1.29 is 5.11 Å². The molecule has 0 bridgehead atoms. The first-order chi connectivity index (χ1) is 7.61. The summed E-state index contributed by atoms with van der Waals surface area (Å²) in [6.45, 7) is 3.90. The Balaban J connectivity index is 2.50. The summed E-state index contributed by atoms with van der Waals surface area (Å²) in [6.07, 6.45) is 1.93. The maximum absolute atomic E-state index is 9.85. The zero-order valence-corrected chi connectivity index (χ0v) is 10.8. The third-order valence-corrected chi connectivity index (χ3v) is 3.13. The topological polar surface area (TPSA) is 38.0 Å². The molecule has 16 heavy (non-hydrogen) atoms. The molecule has 3 nitrogen and oxygen atoms in total. The Bertz CT molecular complexity index is 520. The molecule has 1 heterocycles. The summed E-state index contributed by atoms with van der Waals surface area (Å²) in [7, 11) is 0. The van der Waals surface area contributed by atoms with E-state index in [0.29, 0.717) is 5.69 Å². The lowest BCUT2D eigenvalue weighted by atomic mass is 10.2. The molecule has 0 atom stereocenters. The monoisotopic (exact) mass is 280 g/mol. The quantitative estimate of drug-likeness (QED) is 0.859. The van der Waals surface area contributed by atoms with Crippen LogP contribution in [-0.4, -0.2) is 14.9 Å². The first-order valence-electron chi connectivity index (χ1n) is 5.03. The Morgan fingerprint density at radius 1 is 1.38 bits per heavy atom. The zero-order valence-electron chi connectivity index (χ0n) is 9.24. The molecule has 0 saturated carbocycles. The molecule has 0 aliphatic rings. The summed E-state index contributed by atoms with van der Waals surface area (Å²) in [5.74, 6) is 0.253. The molecule has 1 N–H and O–H groups in total. The average molecular weight is 281 g/mol. The molecule has 84 valence electrons. The van der Waals surface area contributed by atoms with Gasteiger partial charge in [0.2, 0.25) is 0 Å². The SMILES string of the molecule is Cc1ccc(-n2cc(CBr)c(C)n2)c(O)c1. The summed E-state index contributed by atoms with van der Waals surface area (Å²) < 4.78 is 1.71. The third-order valence-electron chi connectivity index (χ3n) is 2.52. The first kappa shape index (κ1) is 11.2. The number of hydrogen-bond acceptors (Lipinski definition) is 2. The summed E-state index contributed by atoms with van der Waals surface area (Å²) >= 11 is 3.41. The van der Waals surface area contributed by atoms with Crippen LogP contribution in [0.3, 0.4) is 0 Å². The fourth-order valence-electron chi connectivity index (χ4n) is 1.58. The lowest BCUT2D eigenvalue weighted by Gasteiger charge is -2.04. The predicted molar refractivity (Wildman–Crippen MR) is 67.3 cm³/mol. The van der Waals surface area contributed by atoms with Gasteiger partial charge in [0.25, 0.3) is 0 Å². The van der Waals surface area contributed by atoms with E-state index in [1.165, 1.54) is 0 Å². The number of phenolic OH excluding ortho intramolecular Hbond substituents is 1. The molecule has 0 fully saturated rings. The fourth-order valence-corrected chi connectivity index (χ4v) is 2.13. The normalized spacial score (nSPS) is 10.7. The second-order valence-corrected chi connectivity index (χ2v) is 4.37. The number of aromatic hydroxyl groups is 1. The van der Waals surface area contributed by atoms with Gasteiger partial charge in [-0.2, -0.15) is 5.10 Å². The highest BCUT2D eigenvalue weighted by Gasteiger charge is 2.08. The second-order valence-electron chi connectivity index (χ2n) is 3.81. The van der Waals surface area contributed by atoms with E-state index in [1.807, 2.05) is 32.2 Å². The van der Waals surface area contributed by atoms with Crippen LogP contribution in [0.2, 0.25) is 0 Å². The average Bonchev–Trinajstić information content (AvgIpc) is 2.59. The van der Waals surface area contributed by atoms with Crippen molar-refractivity contribution in [2.45, 2.75) is 19.2 Å². The van der Waals surface area contributed by atoms with Gasteiger partial charge in [-0.3, -0.25) is 0 Å². The molecule has 1 aromatic carbocycles. The van der Waals surface area contributed by atoms with Crippen LogP contribution in [0.1, 0.15) is 16.8 Å². The molecule has 2 aromatic rings. The van der Waals surface area contributed by atoms with Crippen molar-refractivity contribution in [1.82, 2.24) is 9.78 Å². The molecule has 0 radical (unpaired) electrons. The summed E-state index contributed by atoms with van der Waals surface area (Å²) in [5, 5.41) is 15.0. The van der Waals surface area contributed by atoms with Crippen LogP contribution in [-0.2, 0) is 5.33 Å². The van der Waals surface area contributed by atoms with Crippen LogP contribution in [0.25, 0.3) is 5.69 Å². The largest absolute Gasteiger partial charge is 0.506 e. The van der Waals surface area contributed by atoms with Crippen molar-refractivity contribution in [3.8, 4) is 11.4 Å². The van der Waals surface area contributed by atoms with E-state index in [9.17, 15) is 5.11 Å². The lowest BCUT2D eigenvalue weighted by molar-refractivity contribution is 0.470. The van der Waals surface area contributed by atoms with Gasteiger partial charge in [0.1, 0.15) is 11.4 Å². The van der Waals surface area contributed by atoms with Gasteiger partial charge in [0.15, 0.2) is 0 Å². The van der Waals surface area contributed by atoms with Crippen LogP contribution in [0.15, 0.2) is 24.4 Å². The number of aromatic nitrogens is 2. The Hall–Kier alpha value is -1.29. The van der Waals surface area contributed by atoms with Gasteiger partial charge in [0, 0.05) is 17.1 Å². The summed E-state index contributed by atoms with van der Waals surface area (Å²) in [5.41, 5.74) is 3.84. The minimum atomic E-state index is 0.253. The molecule has 0 spiro atoms. The number of aryl methyl sites for hydroxylation is 2. The number of phenols is 1. The fraction of sp³-hybridized carbons (Fsp3) is 0.250. The van der Waals surface area contributed by atoms with Crippen LogP contribution in [0.5, 0.6) is 5.75 Å². The molecule has 0 aliphatic heterocycles. The smallest absolute Gasteiger partial charge is 0.141 e. The van der Waals surface area contributed by atoms with Gasteiger partial charge < -0.3 is 5.11 Å². The highest BCUT2D eigenvalue weighted by atomic mass is 79.9. The van der Waals surface area contributed by atoms with Crippen LogP contribution >= 0.6 is 15.9 Å². The summed E-state index contributed by atoms with van der Waals surface area (Å²) in [4.78, 5) is 0. The van der Waals surface area contributed by atoms with Gasteiger partial charge in [0.05, 0.1) is 5.69 Å². The Labute approximate surface area is 103 Å². The molecule has 0 saturated heterocycles. The van der Waals surface area contributed by atoms with E-state index in [0.717, 1.165) is 22.2 Å². The van der Waals surface area contributed by atoms with Crippen LogP contribution in [0, 0.1) is 13.8 Å². The molecule has 1 aromatic heterocycles. The highest BCUT2D eigenvalue weighted by Crippen LogP contribution is 2.23. The number of hydrogen-bond donors (Lipinski definition) is 1. The van der Waals surface area contributed by atoms with E-state index in [4.69, 9.17) is 0 Å². The molecule has 2 rings (SSSR count). The van der Waals surface area contributed by atoms with Gasteiger partial charge in [-0.05, 0) is 31.5 Å². The van der Waals surface area contributed by atoms with Gasteiger partial charge in [-0.15, -0.1) is 0 Å². The van der Waals surface area contributed by atoms with Crippen molar-refractivity contribution in [3.05, 3.63) is 41.2 Å². The van der Waals surface area contributed by atoms with E-state index < -0.39 is 0 Å². The van der Waals surface area contributed by atoms with Crippen molar-refractivity contribution in [2.75, 3.05) is 0 Å². The maximum atomic E-state index is 9.85. The van der Waals surface area contributed by atoms with Crippen molar-refractivity contribution in [1.29, 1.82) is 0 Å². The summed E-state index contributed by atoms with van der Waals surface area (Å²) in [6, 6.07) is 5.56. The minimum absolute atomic E-state index is 0.253. The number of halogens is 1. The molecule has 0 unspecified atom stereocenters. The maximum Gasteiger partial charge on any atom is 0.141 e. The van der Waals surface area contributed by atoms with E-state index in [1.54, 1.807) is 10.7 Å². The molecule has 0 amide bonds. The highest BCUT2D eigenvalue weighted by molar-refractivity contribution is 9.08. The second kappa shape index (κ2) is 4.29. The third kappa shape index (κ3) is 1.97. The standard InChI is InChI=1S/C12H13BrN2O/c1-8-3-4-11(12(16)5-8)15-7-10(6-13)9(2)14-15/h3-5,7,16H,6H2,1-2H3. The van der Waals surface area contributed by atoms with Gasteiger partial charge >= 0.3 is 0 Å². The molecule has 0 aliphatic carbocycles. The lowest BCUT2D eigenvalue weighted by Crippen LogP contribution is -1.95. The Morgan fingerprint density at radius 2 is 2.12 bits per heavy atom. The predicted octanol–water partition coefficient (Wildman–Crippen LogP) is 3.09. The molecular formula is C12H13BrN2O. The van der Waals surface area contributed by atoms with E-state index >= 15 is 0 Å².